The molecule has 0 saturated heterocycles. The third kappa shape index (κ3) is 3.76. The lowest BCUT2D eigenvalue weighted by atomic mass is 10.1. The number of ketones is 1. The van der Waals surface area contributed by atoms with Gasteiger partial charge in [0, 0.05) is 16.1 Å². The number of carbonyl (C=O) groups is 1. The van der Waals surface area contributed by atoms with Crippen molar-refractivity contribution in [2.24, 2.45) is 0 Å². The van der Waals surface area contributed by atoms with Crippen molar-refractivity contribution in [1.29, 1.82) is 0 Å². The van der Waals surface area contributed by atoms with Gasteiger partial charge in [0.2, 0.25) is 0 Å². The predicted octanol–water partition coefficient (Wildman–Crippen LogP) is 4.93. The zero-order chi connectivity index (χ0) is 16.2. The van der Waals surface area contributed by atoms with Crippen LogP contribution < -0.4 is 0 Å². The normalized spacial score (nSPS) is 11.0. The van der Waals surface area contributed by atoms with E-state index in [0.29, 0.717) is 10.6 Å². The Bertz CT molecular complexity index is 846. The van der Waals surface area contributed by atoms with Crippen LogP contribution >= 0.6 is 11.6 Å². The van der Waals surface area contributed by atoms with Crippen LogP contribution in [0.2, 0.25) is 5.02 Å². The van der Waals surface area contributed by atoms with Gasteiger partial charge in [0.15, 0.2) is 5.78 Å². The molecule has 0 aliphatic carbocycles. The zero-order valence-electron chi connectivity index (χ0n) is 12.6. The van der Waals surface area contributed by atoms with Gasteiger partial charge in [-0.3, -0.25) is 9.89 Å². The largest absolute Gasteiger partial charge is 0.289 e. The molecule has 0 amide bonds. The van der Waals surface area contributed by atoms with Crippen LogP contribution in [0.3, 0.4) is 0 Å². The Morgan fingerprint density at radius 2 is 1.78 bits per heavy atom. The molecule has 1 heterocycles. The number of halogens is 1. The van der Waals surface area contributed by atoms with Gasteiger partial charge in [-0.05, 0) is 37.3 Å². The van der Waals surface area contributed by atoms with Crippen molar-refractivity contribution in [3.8, 4) is 11.3 Å². The van der Waals surface area contributed by atoms with Crippen LogP contribution in [0, 0.1) is 6.92 Å². The van der Waals surface area contributed by atoms with Gasteiger partial charge in [0.25, 0.3) is 0 Å². The first-order valence-electron chi connectivity index (χ1n) is 7.22. The Morgan fingerprint density at radius 3 is 2.48 bits per heavy atom. The number of carbonyl (C=O) groups excluding carboxylic acids is 1. The highest BCUT2D eigenvalue weighted by Gasteiger charge is 2.04. The Labute approximate surface area is 139 Å². The van der Waals surface area contributed by atoms with E-state index in [9.17, 15) is 4.79 Å². The molecular formula is C19H15ClN2O. The van der Waals surface area contributed by atoms with E-state index in [2.05, 4.69) is 10.2 Å². The van der Waals surface area contributed by atoms with Crippen molar-refractivity contribution in [1.82, 2.24) is 10.2 Å². The summed E-state index contributed by atoms with van der Waals surface area (Å²) in [4.78, 5) is 12.1. The van der Waals surface area contributed by atoms with Crippen LogP contribution in [-0.2, 0) is 0 Å². The van der Waals surface area contributed by atoms with E-state index in [4.69, 9.17) is 11.6 Å². The van der Waals surface area contributed by atoms with Crippen molar-refractivity contribution in [3.63, 3.8) is 0 Å². The van der Waals surface area contributed by atoms with E-state index in [-0.39, 0.29) is 5.78 Å². The molecule has 3 rings (SSSR count). The first-order chi connectivity index (χ1) is 11.1. The second-order valence-corrected chi connectivity index (χ2v) is 5.72. The van der Waals surface area contributed by atoms with E-state index < -0.39 is 0 Å². The summed E-state index contributed by atoms with van der Waals surface area (Å²) in [7, 11) is 0. The first kappa shape index (κ1) is 15.3. The number of nitrogens with zero attached hydrogens (tertiary/aromatic N) is 1. The quantitative estimate of drug-likeness (QED) is 0.546. The minimum atomic E-state index is -0.0346. The predicted molar refractivity (Wildman–Crippen MR) is 93.6 cm³/mol. The minimum Gasteiger partial charge on any atom is -0.289 e. The van der Waals surface area contributed by atoms with Gasteiger partial charge in [0.1, 0.15) is 0 Å². The third-order valence-electron chi connectivity index (χ3n) is 3.49. The summed E-state index contributed by atoms with van der Waals surface area (Å²) in [6.07, 6.45) is 3.28. The molecular weight excluding hydrogens is 308 g/mol. The Morgan fingerprint density at radius 1 is 1.09 bits per heavy atom. The second kappa shape index (κ2) is 6.63. The first-order valence-corrected chi connectivity index (χ1v) is 7.60. The van der Waals surface area contributed by atoms with Gasteiger partial charge in [-0.15, -0.1) is 0 Å². The number of rotatable bonds is 4. The summed E-state index contributed by atoms with van der Waals surface area (Å²) in [6.45, 7) is 1.99. The van der Waals surface area contributed by atoms with Gasteiger partial charge in [0.05, 0.1) is 11.4 Å². The summed E-state index contributed by atoms with van der Waals surface area (Å²) in [6, 6.07) is 16.9. The molecule has 0 aliphatic rings. The number of aryl methyl sites for hydroxylation is 1. The molecule has 0 spiro atoms. The molecule has 1 aromatic heterocycles. The van der Waals surface area contributed by atoms with Crippen LogP contribution in [0.1, 0.15) is 21.6 Å². The maximum Gasteiger partial charge on any atom is 0.185 e. The molecule has 3 aromatic rings. The van der Waals surface area contributed by atoms with Crippen LogP contribution in [0.4, 0.5) is 0 Å². The molecule has 3 nitrogen and oxygen atoms in total. The van der Waals surface area contributed by atoms with Gasteiger partial charge in [-0.25, -0.2) is 0 Å². The summed E-state index contributed by atoms with van der Waals surface area (Å²) in [5.41, 5.74) is 4.35. The molecule has 23 heavy (non-hydrogen) atoms. The maximum absolute atomic E-state index is 12.1. The molecule has 0 bridgehead atoms. The Balaban J connectivity index is 1.74. The number of aromatic nitrogens is 2. The van der Waals surface area contributed by atoms with Crippen LogP contribution in [-0.4, -0.2) is 16.0 Å². The van der Waals surface area contributed by atoms with Crippen molar-refractivity contribution >= 4 is 23.5 Å². The number of allylic oxidation sites excluding steroid dienone is 1. The average molecular weight is 323 g/mol. The van der Waals surface area contributed by atoms with E-state index >= 15 is 0 Å². The zero-order valence-corrected chi connectivity index (χ0v) is 13.3. The molecule has 2 aromatic carbocycles. The van der Waals surface area contributed by atoms with Gasteiger partial charge in [-0.1, -0.05) is 53.6 Å². The standard InChI is InChI=1S/C19H15ClN2O/c1-13-2-4-15(5-3-13)19(23)11-10-17-12-18(22-21-17)14-6-8-16(20)9-7-14/h2-12H,1H3,(H,21,22). The molecule has 0 saturated carbocycles. The van der Waals surface area contributed by atoms with Crippen molar-refractivity contribution in [2.45, 2.75) is 6.92 Å². The molecule has 1 N–H and O–H groups in total. The fourth-order valence-corrected chi connectivity index (χ4v) is 2.30. The third-order valence-corrected chi connectivity index (χ3v) is 3.74. The molecule has 0 fully saturated rings. The number of aromatic amines is 1. The van der Waals surface area contributed by atoms with Gasteiger partial charge in [-0.2, -0.15) is 5.10 Å². The van der Waals surface area contributed by atoms with Gasteiger partial charge < -0.3 is 0 Å². The molecule has 4 heteroatoms. The Kier molecular flexibility index (Phi) is 4.40. The van der Waals surface area contributed by atoms with E-state index in [1.165, 1.54) is 0 Å². The number of hydrogen-bond acceptors (Lipinski definition) is 2. The van der Waals surface area contributed by atoms with E-state index in [1.807, 2.05) is 61.5 Å². The monoisotopic (exact) mass is 322 g/mol. The van der Waals surface area contributed by atoms with Crippen molar-refractivity contribution in [2.75, 3.05) is 0 Å². The van der Waals surface area contributed by atoms with E-state index in [1.54, 1.807) is 12.2 Å². The van der Waals surface area contributed by atoms with Crippen LogP contribution in [0.15, 0.2) is 60.7 Å². The van der Waals surface area contributed by atoms with Crippen molar-refractivity contribution < 1.29 is 4.79 Å². The number of nitrogens with one attached hydrogen (secondary N) is 1. The van der Waals surface area contributed by atoms with Crippen LogP contribution in [0.5, 0.6) is 0 Å². The molecule has 0 unspecified atom stereocenters. The average Bonchev–Trinajstić information content (AvgIpc) is 3.03. The molecule has 114 valence electrons. The lowest BCUT2D eigenvalue weighted by Crippen LogP contribution is -1.93. The molecule has 0 atom stereocenters. The highest BCUT2D eigenvalue weighted by molar-refractivity contribution is 6.30. The minimum absolute atomic E-state index is 0.0346. The van der Waals surface area contributed by atoms with Gasteiger partial charge >= 0.3 is 0 Å². The SMILES string of the molecule is Cc1ccc(C(=O)C=Cc2cc(-c3ccc(Cl)cc3)n[nH]2)cc1. The fraction of sp³-hybridized carbons (Fsp3) is 0.0526. The molecule has 0 radical (unpaired) electrons. The maximum atomic E-state index is 12.1. The summed E-state index contributed by atoms with van der Waals surface area (Å²) in [5.74, 6) is -0.0346. The summed E-state index contributed by atoms with van der Waals surface area (Å²) >= 11 is 5.88. The number of benzene rings is 2. The number of H-pyrrole nitrogens is 1. The summed E-state index contributed by atoms with van der Waals surface area (Å²) in [5, 5.41) is 7.85. The number of hydrogen-bond donors (Lipinski definition) is 1. The van der Waals surface area contributed by atoms with Crippen molar-refractivity contribution in [3.05, 3.63) is 82.5 Å². The fourth-order valence-electron chi connectivity index (χ4n) is 2.17. The second-order valence-electron chi connectivity index (χ2n) is 5.28. The smallest absolute Gasteiger partial charge is 0.185 e. The lowest BCUT2D eigenvalue weighted by molar-refractivity contribution is 0.104. The topological polar surface area (TPSA) is 45.8 Å². The Hall–Kier alpha value is -2.65. The molecule has 0 aliphatic heterocycles. The lowest BCUT2D eigenvalue weighted by Gasteiger charge is -1.96. The summed E-state index contributed by atoms with van der Waals surface area (Å²) < 4.78 is 0. The van der Waals surface area contributed by atoms with Crippen LogP contribution in [0.25, 0.3) is 17.3 Å². The van der Waals surface area contributed by atoms with E-state index in [0.717, 1.165) is 22.5 Å². The highest BCUT2D eigenvalue weighted by Crippen LogP contribution is 2.20. The highest BCUT2D eigenvalue weighted by atomic mass is 35.5.